The fourth-order valence-corrected chi connectivity index (χ4v) is 2.44. The van der Waals surface area contributed by atoms with Crippen LogP contribution in [-0.4, -0.2) is 20.0 Å². The molecule has 6 heteroatoms. The number of halogens is 4. The molecule has 1 aliphatic rings. The van der Waals surface area contributed by atoms with Gasteiger partial charge >= 0.3 is 0 Å². The van der Waals surface area contributed by atoms with Gasteiger partial charge in [0.25, 0.3) is 5.92 Å². The van der Waals surface area contributed by atoms with Gasteiger partial charge in [-0.2, -0.15) is 0 Å². The third-order valence-corrected chi connectivity index (χ3v) is 3.20. The van der Waals surface area contributed by atoms with Gasteiger partial charge in [0, 0.05) is 26.9 Å². The third kappa shape index (κ3) is 1.94. The summed E-state index contributed by atoms with van der Waals surface area (Å²) in [4.78, 5) is 1.35. The molecule has 2 nitrogen and oxygen atoms in total. The van der Waals surface area contributed by atoms with E-state index < -0.39 is 35.9 Å². The average molecular weight is 262 g/mol. The molecule has 0 spiro atoms. The number of hydrogen-bond acceptors (Lipinski definition) is 2. The van der Waals surface area contributed by atoms with Crippen molar-refractivity contribution in [3.05, 3.63) is 29.3 Å². The summed E-state index contributed by atoms with van der Waals surface area (Å²) in [6.45, 7) is 0. The van der Waals surface area contributed by atoms with Gasteiger partial charge in [-0.15, -0.1) is 0 Å². The molecule has 0 radical (unpaired) electrons. The number of anilines is 1. The van der Waals surface area contributed by atoms with Gasteiger partial charge in [0.1, 0.15) is 0 Å². The molecule has 18 heavy (non-hydrogen) atoms. The van der Waals surface area contributed by atoms with Crippen molar-refractivity contribution in [2.24, 2.45) is 5.73 Å². The normalized spacial score (nSPS) is 20.4. The van der Waals surface area contributed by atoms with Crippen molar-refractivity contribution in [2.75, 3.05) is 19.0 Å². The molecule has 1 aliphatic carbocycles. The topological polar surface area (TPSA) is 29.3 Å². The number of nitrogens with two attached hydrogens (primary N) is 1. The molecule has 0 heterocycles. The summed E-state index contributed by atoms with van der Waals surface area (Å²) in [5.74, 6) is -4.90. The van der Waals surface area contributed by atoms with E-state index in [1.165, 1.54) is 25.1 Å². The minimum Gasteiger partial charge on any atom is -0.375 e. The Morgan fingerprint density at radius 1 is 1.17 bits per heavy atom. The van der Waals surface area contributed by atoms with Crippen LogP contribution in [0.25, 0.3) is 0 Å². The minimum atomic E-state index is -2.83. The molecule has 1 fully saturated rings. The zero-order valence-corrected chi connectivity index (χ0v) is 10.1. The monoisotopic (exact) mass is 262 g/mol. The van der Waals surface area contributed by atoms with Crippen molar-refractivity contribution < 1.29 is 17.6 Å². The quantitative estimate of drug-likeness (QED) is 0.830. The number of nitrogens with zero attached hydrogens (tertiary/aromatic N) is 1. The van der Waals surface area contributed by atoms with Crippen LogP contribution >= 0.6 is 0 Å². The molecule has 0 aliphatic heterocycles. The Labute approximate surface area is 102 Å². The Bertz CT molecular complexity index is 477. The molecule has 1 aromatic carbocycles. The van der Waals surface area contributed by atoms with E-state index in [0.29, 0.717) is 0 Å². The molecule has 1 saturated carbocycles. The molecule has 2 rings (SSSR count). The van der Waals surface area contributed by atoms with E-state index >= 15 is 0 Å². The lowest BCUT2D eigenvalue weighted by atomic mass is 9.69. The van der Waals surface area contributed by atoms with Crippen LogP contribution in [0.1, 0.15) is 18.4 Å². The molecule has 1 aromatic rings. The molecule has 0 bridgehead atoms. The average Bonchev–Trinajstić information content (AvgIpc) is 2.17. The lowest BCUT2D eigenvalue weighted by molar-refractivity contribution is -0.124. The molecule has 100 valence electrons. The molecular weight excluding hydrogens is 248 g/mol. The summed E-state index contributed by atoms with van der Waals surface area (Å²) < 4.78 is 52.9. The predicted molar refractivity (Wildman–Crippen MR) is 60.7 cm³/mol. The first-order chi connectivity index (χ1) is 8.16. The van der Waals surface area contributed by atoms with Gasteiger partial charge in [0.2, 0.25) is 0 Å². The fourth-order valence-electron chi connectivity index (χ4n) is 2.44. The predicted octanol–water partition coefficient (Wildman–Crippen LogP) is 2.61. The Balaban J connectivity index is 2.49. The van der Waals surface area contributed by atoms with Crippen molar-refractivity contribution >= 4 is 5.69 Å². The van der Waals surface area contributed by atoms with E-state index in [0.717, 1.165) is 6.07 Å². The number of alkyl halides is 2. The zero-order chi connectivity index (χ0) is 13.7. The van der Waals surface area contributed by atoms with Crippen LogP contribution in [-0.2, 0) is 5.54 Å². The number of benzene rings is 1. The smallest absolute Gasteiger partial charge is 0.252 e. The van der Waals surface area contributed by atoms with E-state index in [-0.39, 0.29) is 11.3 Å². The van der Waals surface area contributed by atoms with Gasteiger partial charge in [0.15, 0.2) is 11.6 Å². The van der Waals surface area contributed by atoms with Crippen LogP contribution < -0.4 is 10.6 Å². The van der Waals surface area contributed by atoms with E-state index in [1.54, 1.807) is 0 Å². The molecule has 0 saturated heterocycles. The second kappa shape index (κ2) is 3.85. The maximum atomic E-state index is 13.7. The molecule has 0 aromatic heterocycles. The maximum Gasteiger partial charge on any atom is 0.252 e. The third-order valence-electron chi connectivity index (χ3n) is 3.20. The summed E-state index contributed by atoms with van der Waals surface area (Å²) in [7, 11) is 3.03. The first-order valence-corrected chi connectivity index (χ1v) is 5.49. The van der Waals surface area contributed by atoms with Crippen molar-refractivity contribution in [3.8, 4) is 0 Å². The van der Waals surface area contributed by atoms with Crippen LogP contribution in [0.15, 0.2) is 12.1 Å². The molecule has 0 atom stereocenters. The lowest BCUT2D eigenvalue weighted by Crippen LogP contribution is -2.56. The van der Waals surface area contributed by atoms with E-state index in [9.17, 15) is 17.6 Å². The van der Waals surface area contributed by atoms with Gasteiger partial charge in [-0.1, -0.05) is 6.07 Å². The first kappa shape index (κ1) is 13.1. The van der Waals surface area contributed by atoms with Crippen molar-refractivity contribution in [1.29, 1.82) is 0 Å². The van der Waals surface area contributed by atoms with Gasteiger partial charge in [-0.3, -0.25) is 0 Å². The van der Waals surface area contributed by atoms with Crippen LogP contribution in [0.3, 0.4) is 0 Å². The molecule has 2 N–H and O–H groups in total. The number of hydrogen-bond donors (Lipinski definition) is 1. The van der Waals surface area contributed by atoms with Crippen LogP contribution in [0.4, 0.5) is 23.2 Å². The summed E-state index contributed by atoms with van der Waals surface area (Å²) in [6, 6.07) is 2.20. The molecular formula is C12H14F4N2. The van der Waals surface area contributed by atoms with Crippen LogP contribution in [0.2, 0.25) is 0 Å². The molecule has 0 amide bonds. The minimum absolute atomic E-state index is 0.0620. The SMILES string of the molecule is CN(C)c1c(C2(N)CC(F)(F)C2)ccc(F)c1F. The Kier molecular flexibility index (Phi) is 2.81. The summed E-state index contributed by atoms with van der Waals surface area (Å²) in [5, 5.41) is 0. The maximum absolute atomic E-state index is 13.7. The standard InChI is InChI=1S/C12H14F4N2/c1-18(2)10-7(3-4-8(13)9(10)14)11(17)5-12(15,16)6-11/h3-4H,5-6,17H2,1-2H3. The second-order valence-corrected chi connectivity index (χ2v) is 5.02. The highest BCUT2D eigenvalue weighted by Gasteiger charge is 2.56. The van der Waals surface area contributed by atoms with E-state index in [2.05, 4.69) is 0 Å². The van der Waals surface area contributed by atoms with Crippen LogP contribution in [0.5, 0.6) is 0 Å². The summed E-state index contributed by atoms with van der Waals surface area (Å²) in [6.07, 6.45) is -1.10. The zero-order valence-electron chi connectivity index (χ0n) is 10.1. The highest BCUT2D eigenvalue weighted by atomic mass is 19.3. The van der Waals surface area contributed by atoms with Gasteiger partial charge < -0.3 is 10.6 Å². The summed E-state index contributed by atoms with van der Waals surface area (Å²) in [5.41, 5.74) is 4.73. The van der Waals surface area contributed by atoms with Crippen molar-refractivity contribution in [3.63, 3.8) is 0 Å². The Morgan fingerprint density at radius 3 is 2.17 bits per heavy atom. The molecule has 0 unspecified atom stereocenters. The largest absolute Gasteiger partial charge is 0.375 e. The van der Waals surface area contributed by atoms with Gasteiger partial charge in [-0.05, 0) is 11.6 Å². The highest BCUT2D eigenvalue weighted by Crippen LogP contribution is 2.52. The van der Waals surface area contributed by atoms with Gasteiger partial charge in [0.05, 0.1) is 11.2 Å². The second-order valence-electron chi connectivity index (χ2n) is 5.02. The first-order valence-electron chi connectivity index (χ1n) is 5.49. The van der Waals surface area contributed by atoms with Crippen molar-refractivity contribution in [2.45, 2.75) is 24.3 Å². The highest BCUT2D eigenvalue weighted by molar-refractivity contribution is 5.58. The van der Waals surface area contributed by atoms with Crippen LogP contribution in [0, 0.1) is 11.6 Å². The Hall–Kier alpha value is -1.30. The Morgan fingerprint density at radius 2 is 1.72 bits per heavy atom. The lowest BCUT2D eigenvalue weighted by Gasteiger charge is -2.46. The fraction of sp³-hybridized carbons (Fsp3) is 0.500. The van der Waals surface area contributed by atoms with Crippen molar-refractivity contribution in [1.82, 2.24) is 0 Å². The summed E-state index contributed by atoms with van der Waals surface area (Å²) >= 11 is 0. The van der Waals surface area contributed by atoms with E-state index in [1.807, 2.05) is 0 Å². The van der Waals surface area contributed by atoms with Gasteiger partial charge in [-0.25, -0.2) is 17.6 Å². The number of rotatable bonds is 2. The van der Waals surface area contributed by atoms with E-state index in [4.69, 9.17) is 5.73 Å².